The van der Waals surface area contributed by atoms with E-state index in [0.717, 1.165) is 0 Å². The van der Waals surface area contributed by atoms with Gasteiger partial charge in [0.2, 0.25) is 0 Å². The first-order chi connectivity index (χ1) is 5.11. The van der Waals surface area contributed by atoms with Crippen LogP contribution in [0.4, 0.5) is 0 Å². The molecular weight excluding hydrogens is 231 g/mol. The Labute approximate surface area is 76.7 Å². The summed E-state index contributed by atoms with van der Waals surface area (Å²) >= 11 is 8.75. The molecule has 1 aromatic rings. The van der Waals surface area contributed by atoms with Crippen molar-refractivity contribution in [2.45, 2.75) is 0 Å². The van der Waals surface area contributed by atoms with E-state index in [1.54, 1.807) is 0 Å². The normalized spacial score (nSPS) is 9.64. The molecule has 1 heterocycles. The summed E-state index contributed by atoms with van der Waals surface area (Å²) in [5.74, 6) is -0.574. The number of amides is 1. The summed E-state index contributed by atoms with van der Waals surface area (Å²) in [5, 5.41) is 0.305. The van der Waals surface area contributed by atoms with Gasteiger partial charge in [-0.15, -0.1) is 0 Å². The highest BCUT2D eigenvalue weighted by molar-refractivity contribution is 9.10. The molecule has 0 aliphatic heterocycles. The molecule has 0 radical (unpaired) electrons. The van der Waals surface area contributed by atoms with Gasteiger partial charge in [-0.2, -0.15) is 0 Å². The molecule has 0 spiro atoms. The zero-order valence-electron chi connectivity index (χ0n) is 5.34. The maximum absolute atomic E-state index is 10.6. The van der Waals surface area contributed by atoms with E-state index < -0.39 is 5.91 Å². The monoisotopic (exact) mass is 234 g/mol. The van der Waals surface area contributed by atoms with E-state index in [-0.39, 0.29) is 5.56 Å². The zero-order chi connectivity index (χ0) is 8.43. The number of nitrogens with two attached hydrogens (primary N) is 1. The Balaban J connectivity index is 3.20. The second-order valence-electron chi connectivity index (χ2n) is 1.85. The van der Waals surface area contributed by atoms with Crippen LogP contribution in [0.3, 0.4) is 0 Å². The molecule has 2 N–H and O–H groups in total. The van der Waals surface area contributed by atoms with Crippen molar-refractivity contribution in [2.24, 2.45) is 5.73 Å². The van der Waals surface area contributed by atoms with E-state index in [1.165, 1.54) is 12.3 Å². The zero-order valence-corrected chi connectivity index (χ0v) is 7.69. The van der Waals surface area contributed by atoms with Crippen molar-refractivity contribution >= 4 is 33.4 Å². The van der Waals surface area contributed by atoms with E-state index in [1.807, 2.05) is 0 Å². The summed E-state index contributed by atoms with van der Waals surface area (Å²) < 4.78 is 0.576. The molecule has 0 atom stereocenters. The van der Waals surface area contributed by atoms with E-state index in [4.69, 9.17) is 17.3 Å². The van der Waals surface area contributed by atoms with E-state index in [9.17, 15) is 4.79 Å². The minimum Gasteiger partial charge on any atom is -0.366 e. The Hall–Kier alpha value is -0.610. The molecule has 0 aliphatic carbocycles. The molecule has 1 aromatic heterocycles. The number of pyridine rings is 1. The first-order valence-electron chi connectivity index (χ1n) is 2.72. The van der Waals surface area contributed by atoms with Crippen LogP contribution in [-0.2, 0) is 0 Å². The molecule has 5 heteroatoms. The highest BCUT2D eigenvalue weighted by atomic mass is 79.9. The minimum absolute atomic E-state index is 0.231. The third kappa shape index (κ3) is 1.91. The number of hydrogen-bond donors (Lipinski definition) is 1. The predicted octanol–water partition coefficient (Wildman–Crippen LogP) is 1.60. The Morgan fingerprint density at radius 3 is 2.82 bits per heavy atom. The maximum atomic E-state index is 10.6. The largest absolute Gasteiger partial charge is 0.366 e. The van der Waals surface area contributed by atoms with Crippen molar-refractivity contribution in [3.05, 3.63) is 27.5 Å². The first kappa shape index (κ1) is 8.49. The Bertz CT molecular complexity index is 303. The van der Waals surface area contributed by atoms with Gasteiger partial charge in [-0.05, 0) is 22.0 Å². The van der Waals surface area contributed by atoms with Gasteiger partial charge in [-0.3, -0.25) is 4.79 Å². The lowest BCUT2D eigenvalue weighted by molar-refractivity contribution is 0.1000. The molecule has 0 aliphatic rings. The molecule has 0 aromatic carbocycles. The molecule has 0 saturated carbocycles. The molecule has 0 unspecified atom stereocenters. The Morgan fingerprint density at radius 1 is 1.73 bits per heavy atom. The van der Waals surface area contributed by atoms with Crippen molar-refractivity contribution in [3.63, 3.8) is 0 Å². The van der Waals surface area contributed by atoms with E-state index >= 15 is 0 Å². The van der Waals surface area contributed by atoms with Gasteiger partial charge in [0.1, 0.15) is 4.60 Å². The van der Waals surface area contributed by atoms with Crippen molar-refractivity contribution in [1.82, 2.24) is 4.98 Å². The van der Waals surface area contributed by atoms with Crippen LogP contribution in [0.25, 0.3) is 0 Å². The van der Waals surface area contributed by atoms with Gasteiger partial charge in [0, 0.05) is 6.20 Å². The summed E-state index contributed by atoms with van der Waals surface area (Å²) in [7, 11) is 0. The summed E-state index contributed by atoms with van der Waals surface area (Å²) in [6, 6.07) is 1.52. The van der Waals surface area contributed by atoms with Gasteiger partial charge in [0.05, 0.1) is 10.6 Å². The van der Waals surface area contributed by atoms with Crippen LogP contribution in [0.2, 0.25) is 5.02 Å². The summed E-state index contributed by atoms with van der Waals surface area (Å²) in [5.41, 5.74) is 5.22. The lowest BCUT2D eigenvalue weighted by Gasteiger charge is -1.97. The number of rotatable bonds is 1. The number of aromatic nitrogens is 1. The fourth-order valence-corrected chi connectivity index (χ4v) is 1.30. The van der Waals surface area contributed by atoms with Gasteiger partial charge in [0.15, 0.2) is 0 Å². The van der Waals surface area contributed by atoms with Crippen molar-refractivity contribution < 1.29 is 4.79 Å². The molecule has 1 rings (SSSR count). The molecule has 0 saturated heterocycles. The fraction of sp³-hybridized carbons (Fsp3) is 0. The highest BCUT2D eigenvalue weighted by Gasteiger charge is 2.06. The number of primary amides is 1. The van der Waals surface area contributed by atoms with Crippen LogP contribution >= 0.6 is 27.5 Å². The van der Waals surface area contributed by atoms with Crippen molar-refractivity contribution in [1.29, 1.82) is 0 Å². The Kier molecular flexibility index (Phi) is 2.46. The summed E-state index contributed by atoms with van der Waals surface area (Å²) in [6.07, 6.45) is 1.33. The maximum Gasteiger partial charge on any atom is 0.251 e. The van der Waals surface area contributed by atoms with Crippen LogP contribution in [0, 0.1) is 0 Å². The van der Waals surface area contributed by atoms with Crippen LogP contribution in [0.15, 0.2) is 16.9 Å². The molecule has 3 nitrogen and oxygen atoms in total. The van der Waals surface area contributed by atoms with E-state index in [0.29, 0.717) is 9.63 Å². The number of carbonyl (C=O) groups is 1. The molecule has 11 heavy (non-hydrogen) atoms. The van der Waals surface area contributed by atoms with Crippen LogP contribution in [-0.4, -0.2) is 10.9 Å². The third-order valence-electron chi connectivity index (χ3n) is 1.09. The van der Waals surface area contributed by atoms with Crippen molar-refractivity contribution in [2.75, 3.05) is 0 Å². The molecule has 1 amide bonds. The number of nitrogens with zero attached hydrogens (tertiary/aromatic N) is 1. The van der Waals surface area contributed by atoms with Gasteiger partial charge in [-0.25, -0.2) is 4.98 Å². The Morgan fingerprint density at radius 2 is 2.36 bits per heavy atom. The average molecular weight is 235 g/mol. The molecule has 58 valence electrons. The van der Waals surface area contributed by atoms with Crippen LogP contribution in [0.5, 0.6) is 0 Å². The van der Waals surface area contributed by atoms with Crippen LogP contribution < -0.4 is 5.73 Å². The summed E-state index contributed by atoms with van der Waals surface area (Å²) in [4.78, 5) is 14.4. The standard InChI is InChI=1S/C6H4BrClN2O/c7-5-1-4(8)3(2-10-5)6(9)11/h1-2H,(H2,9,11). The smallest absolute Gasteiger partial charge is 0.251 e. The van der Waals surface area contributed by atoms with Crippen molar-refractivity contribution in [3.8, 4) is 0 Å². The summed E-state index contributed by atoms with van der Waals surface area (Å²) in [6.45, 7) is 0. The van der Waals surface area contributed by atoms with Gasteiger partial charge in [0.25, 0.3) is 5.91 Å². The minimum atomic E-state index is -0.574. The average Bonchev–Trinajstić information content (AvgIpc) is 1.85. The fourth-order valence-electron chi connectivity index (χ4n) is 0.589. The lowest BCUT2D eigenvalue weighted by atomic mass is 10.3. The number of hydrogen-bond acceptors (Lipinski definition) is 2. The highest BCUT2D eigenvalue weighted by Crippen LogP contribution is 2.17. The molecule has 0 bridgehead atoms. The number of carbonyl (C=O) groups excluding carboxylic acids is 1. The number of halogens is 2. The van der Waals surface area contributed by atoms with Gasteiger partial charge >= 0.3 is 0 Å². The topological polar surface area (TPSA) is 56.0 Å². The first-order valence-corrected chi connectivity index (χ1v) is 3.89. The van der Waals surface area contributed by atoms with Crippen LogP contribution in [0.1, 0.15) is 10.4 Å². The second-order valence-corrected chi connectivity index (χ2v) is 3.07. The van der Waals surface area contributed by atoms with E-state index in [2.05, 4.69) is 20.9 Å². The third-order valence-corrected chi connectivity index (χ3v) is 1.83. The predicted molar refractivity (Wildman–Crippen MR) is 45.5 cm³/mol. The lowest BCUT2D eigenvalue weighted by Crippen LogP contribution is -2.11. The second kappa shape index (κ2) is 3.19. The molecular formula is C6H4BrClN2O. The SMILES string of the molecule is NC(=O)c1cnc(Br)cc1Cl. The van der Waals surface area contributed by atoms with Gasteiger partial charge < -0.3 is 5.73 Å². The van der Waals surface area contributed by atoms with Gasteiger partial charge in [-0.1, -0.05) is 11.6 Å². The molecule has 0 fully saturated rings. The quantitative estimate of drug-likeness (QED) is 0.752.